The summed E-state index contributed by atoms with van der Waals surface area (Å²) in [4.78, 5) is 14.4. The number of anilines is 1. The van der Waals surface area contributed by atoms with Gasteiger partial charge in [-0.1, -0.05) is 27.7 Å². The van der Waals surface area contributed by atoms with Crippen molar-refractivity contribution in [2.24, 2.45) is 11.3 Å². The Hall–Kier alpha value is -1.65. The maximum atomic E-state index is 10.8. The fraction of sp³-hybridized carbons (Fsp3) is 0.583. The molecule has 0 saturated heterocycles. The van der Waals surface area contributed by atoms with Gasteiger partial charge in [-0.05, 0) is 17.4 Å². The Morgan fingerprint density at radius 3 is 2.71 bits per heavy atom. The average Bonchev–Trinajstić information content (AvgIpc) is 2.26. The molecule has 0 atom stereocenters. The van der Waals surface area contributed by atoms with E-state index in [0.717, 1.165) is 0 Å². The van der Waals surface area contributed by atoms with Gasteiger partial charge in [0.1, 0.15) is 0 Å². The van der Waals surface area contributed by atoms with E-state index in [1.165, 1.54) is 6.07 Å². The molecular weight excluding hydrogens is 218 g/mol. The van der Waals surface area contributed by atoms with Gasteiger partial charge >= 0.3 is 5.69 Å². The molecule has 1 aromatic rings. The smallest absolute Gasteiger partial charge is 0.311 e. The molecule has 0 aliphatic rings. The number of nitro groups is 1. The summed E-state index contributed by atoms with van der Waals surface area (Å²) in [6.07, 6.45) is 1.55. The van der Waals surface area contributed by atoms with Crippen LogP contribution < -0.4 is 5.32 Å². The molecule has 94 valence electrons. The molecule has 1 heterocycles. The molecule has 0 aliphatic heterocycles. The number of hydrogen-bond donors (Lipinski definition) is 1. The first-order valence-corrected chi connectivity index (χ1v) is 5.68. The number of nitrogens with zero attached hydrogens (tertiary/aromatic N) is 2. The van der Waals surface area contributed by atoms with Gasteiger partial charge in [0.25, 0.3) is 0 Å². The quantitative estimate of drug-likeness (QED) is 0.631. The van der Waals surface area contributed by atoms with Crippen molar-refractivity contribution in [2.75, 3.05) is 11.9 Å². The first-order chi connectivity index (χ1) is 7.84. The van der Waals surface area contributed by atoms with Crippen LogP contribution in [0.1, 0.15) is 27.7 Å². The molecule has 0 fully saturated rings. The molecule has 0 unspecified atom stereocenters. The van der Waals surface area contributed by atoms with E-state index in [-0.39, 0.29) is 11.1 Å². The average molecular weight is 237 g/mol. The minimum absolute atomic E-state index is 0.0204. The zero-order valence-corrected chi connectivity index (χ0v) is 10.7. The SMILES string of the molecule is CC(C)C(C)(C)CNc1ncccc1[N+](=O)[O-]. The standard InChI is InChI=1S/C12H19N3O2/c1-9(2)12(3,4)8-14-11-10(15(16)17)6-5-7-13-11/h5-7,9H,8H2,1-4H3,(H,13,14). The maximum Gasteiger partial charge on any atom is 0.311 e. The van der Waals surface area contributed by atoms with Crippen molar-refractivity contribution in [3.8, 4) is 0 Å². The Balaban J connectivity index is 2.79. The summed E-state index contributed by atoms with van der Waals surface area (Å²) in [5.74, 6) is 0.823. The van der Waals surface area contributed by atoms with Crippen molar-refractivity contribution >= 4 is 11.5 Å². The molecule has 1 aromatic heterocycles. The van der Waals surface area contributed by atoms with Crippen LogP contribution in [0.5, 0.6) is 0 Å². The lowest BCUT2D eigenvalue weighted by Gasteiger charge is -2.29. The molecule has 0 amide bonds. The van der Waals surface area contributed by atoms with E-state index in [2.05, 4.69) is 38.0 Å². The van der Waals surface area contributed by atoms with Crippen LogP contribution in [0, 0.1) is 21.4 Å². The third-order valence-corrected chi connectivity index (χ3v) is 3.26. The van der Waals surface area contributed by atoms with Crippen LogP contribution >= 0.6 is 0 Å². The fourth-order valence-corrected chi connectivity index (χ4v) is 1.20. The van der Waals surface area contributed by atoms with Crippen LogP contribution in [-0.4, -0.2) is 16.5 Å². The van der Waals surface area contributed by atoms with E-state index in [1.54, 1.807) is 12.3 Å². The normalized spacial score (nSPS) is 11.6. The number of nitrogens with one attached hydrogen (secondary N) is 1. The van der Waals surface area contributed by atoms with E-state index in [9.17, 15) is 10.1 Å². The molecule has 0 spiro atoms. The molecule has 0 radical (unpaired) electrons. The predicted octanol–water partition coefficient (Wildman–Crippen LogP) is 3.08. The van der Waals surface area contributed by atoms with E-state index in [1.807, 2.05) is 0 Å². The lowest BCUT2D eigenvalue weighted by atomic mass is 9.81. The molecule has 5 nitrogen and oxygen atoms in total. The van der Waals surface area contributed by atoms with Crippen LogP contribution in [0.2, 0.25) is 0 Å². The van der Waals surface area contributed by atoms with Gasteiger partial charge in [0.05, 0.1) is 4.92 Å². The Labute approximate surface area is 101 Å². The van der Waals surface area contributed by atoms with Gasteiger partial charge in [0.2, 0.25) is 5.82 Å². The van der Waals surface area contributed by atoms with E-state index >= 15 is 0 Å². The second kappa shape index (κ2) is 5.12. The zero-order chi connectivity index (χ0) is 13.1. The molecule has 0 aromatic carbocycles. The highest BCUT2D eigenvalue weighted by molar-refractivity contribution is 5.55. The number of rotatable bonds is 5. The maximum absolute atomic E-state index is 10.8. The minimum Gasteiger partial charge on any atom is -0.364 e. The summed E-state index contributed by atoms with van der Waals surface area (Å²) in [7, 11) is 0. The topological polar surface area (TPSA) is 68.1 Å². The summed E-state index contributed by atoms with van der Waals surface area (Å²) in [6.45, 7) is 9.17. The van der Waals surface area contributed by atoms with Gasteiger partial charge in [-0.2, -0.15) is 0 Å². The summed E-state index contributed by atoms with van der Waals surface area (Å²) >= 11 is 0. The number of hydrogen-bond acceptors (Lipinski definition) is 4. The Bertz CT molecular complexity index is 402. The monoisotopic (exact) mass is 237 g/mol. The third-order valence-electron chi connectivity index (χ3n) is 3.26. The van der Waals surface area contributed by atoms with Crippen molar-refractivity contribution in [3.63, 3.8) is 0 Å². The largest absolute Gasteiger partial charge is 0.364 e. The lowest BCUT2D eigenvalue weighted by Crippen LogP contribution is -2.29. The van der Waals surface area contributed by atoms with Crippen molar-refractivity contribution in [3.05, 3.63) is 28.4 Å². The first kappa shape index (κ1) is 13.4. The van der Waals surface area contributed by atoms with Crippen molar-refractivity contribution in [2.45, 2.75) is 27.7 Å². The first-order valence-electron chi connectivity index (χ1n) is 5.68. The zero-order valence-electron chi connectivity index (χ0n) is 10.7. The molecule has 0 saturated carbocycles. The molecular formula is C12H19N3O2. The number of pyridine rings is 1. The number of aromatic nitrogens is 1. The Kier molecular flexibility index (Phi) is 4.04. The molecule has 0 aliphatic carbocycles. The third kappa shape index (κ3) is 3.41. The highest BCUT2D eigenvalue weighted by atomic mass is 16.6. The summed E-state index contributed by atoms with van der Waals surface area (Å²) in [5, 5.41) is 13.9. The predicted molar refractivity (Wildman–Crippen MR) is 68.0 cm³/mol. The van der Waals surface area contributed by atoms with Crippen LogP contribution in [0.25, 0.3) is 0 Å². The lowest BCUT2D eigenvalue weighted by molar-refractivity contribution is -0.384. The highest BCUT2D eigenvalue weighted by Crippen LogP contribution is 2.28. The summed E-state index contributed by atoms with van der Waals surface area (Å²) in [6, 6.07) is 3.02. The van der Waals surface area contributed by atoms with Gasteiger partial charge in [-0.25, -0.2) is 4.98 Å². The minimum atomic E-state index is -0.419. The van der Waals surface area contributed by atoms with Gasteiger partial charge < -0.3 is 5.32 Å². The van der Waals surface area contributed by atoms with Crippen LogP contribution in [0.4, 0.5) is 11.5 Å². The van der Waals surface area contributed by atoms with Crippen molar-refractivity contribution in [1.82, 2.24) is 4.98 Å². The van der Waals surface area contributed by atoms with E-state index in [0.29, 0.717) is 18.3 Å². The Morgan fingerprint density at radius 2 is 2.18 bits per heavy atom. The second-order valence-corrected chi connectivity index (χ2v) is 5.13. The Morgan fingerprint density at radius 1 is 1.53 bits per heavy atom. The van der Waals surface area contributed by atoms with Gasteiger partial charge in [0.15, 0.2) is 0 Å². The molecule has 17 heavy (non-hydrogen) atoms. The molecule has 1 rings (SSSR count). The van der Waals surface area contributed by atoms with Crippen molar-refractivity contribution in [1.29, 1.82) is 0 Å². The van der Waals surface area contributed by atoms with Crippen LogP contribution in [0.3, 0.4) is 0 Å². The van der Waals surface area contributed by atoms with Crippen molar-refractivity contribution < 1.29 is 4.92 Å². The highest BCUT2D eigenvalue weighted by Gasteiger charge is 2.23. The van der Waals surface area contributed by atoms with Gasteiger partial charge in [0, 0.05) is 18.8 Å². The van der Waals surface area contributed by atoms with Gasteiger partial charge in [-0.15, -0.1) is 0 Å². The molecule has 1 N–H and O–H groups in total. The van der Waals surface area contributed by atoms with Crippen LogP contribution in [0.15, 0.2) is 18.3 Å². The van der Waals surface area contributed by atoms with Crippen LogP contribution in [-0.2, 0) is 0 Å². The molecule has 0 bridgehead atoms. The summed E-state index contributed by atoms with van der Waals surface area (Å²) in [5.41, 5.74) is 0.0813. The van der Waals surface area contributed by atoms with Gasteiger partial charge in [-0.3, -0.25) is 10.1 Å². The second-order valence-electron chi connectivity index (χ2n) is 5.13. The van der Waals surface area contributed by atoms with E-state index < -0.39 is 4.92 Å². The summed E-state index contributed by atoms with van der Waals surface area (Å²) < 4.78 is 0. The fourth-order valence-electron chi connectivity index (χ4n) is 1.20. The molecule has 5 heteroatoms. The van der Waals surface area contributed by atoms with E-state index in [4.69, 9.17) is 0 Å².